The number of rotatable bonds is 7. The number of methoxy groups -OCH3 is 1. The molecule has 2 N–H and O–H groups in total. The summed E-state index contributed by atoms with van der Waals surface area (Å²) in [6, 6.07) is -2.70. The Morgan fingerprint density at radius 2 is 1.53 bits per heavy atom. The van der Waals surface area contributed by atoms with Gasteiger partial charge in [0.2, 0.25) is 15.9 Å². The highest BCUT2D eigenvalue weighted by molar-refractivity contribution is 7.90. The van der Waals surface area contributed by atoms with Crippen molar-refractivity contribution in [3.63, 3.8) is 0 Å². The molecule has 2 rings (SSSR count). The van der Waals surface area contributed by atoms with Crippen molar-refractivity contribution in [3.8, 4) is 0 Å². The van der Waals surface area contributed by atoms with Crippen molar-refractivity contribution in [2.24, 2.45) is 28.1 Å². The van der Waals surface area contributed by atoms with E-state index in [2.05, 4.69) is 24.5 Å². The molecule has 0 radical (unpaired) electrons. The second-order valence-corrected chi connectivity index (χ2v) is 17.4. The number of urea groups is 1. The quantitative estimate of drug-likeness (QED) is 0.463. The van der Waals surface area contributed by atoms with Crippen LogP contribution in [0.5, 0.6) is 0 Å². The topological polar surface area (TPSA) is 125 Å². The Morgan fingerprint density at radius 3 is 1.95 bits per heavy atom. The van der Waals surface area contributed by atoms with Gasteiger partial charge in [-0.25, -0.2) is 22.3 Å². The van der Waals surface area contributed by atoms with Gasteiger partial charge in [0.05, 0.1) is 11.9 Å². The van der Waals surface area contributed by atoms with Gasteiger partial charge in [0.25, 0.3) is 0 Å². The molecule has 3 amide bonds. The van der Waals surface area contributed by atoms with Crippen molar-refractivity contribution in [3.05, 3.63) is 0 Å². The fraction of sp³-hybridized carbons (Fsp3) is 0.889. The van der Waals surface area contributed by atoms with Gasteiger partial charge >= 0.3 is 12.0 Å². The lowest BCUT2D eigenvalue weighted by molar-refractivity contribution is -0.154. The number of likely N-dealkylation sites (N-methyl/N-ethyl adjacent to an activating group) is 1. The summed E-state index contributed by atoms with van der Waals surface area (Å²) in [4.78, 5) is 41.4. The number of nitrogens with zero attached hydrogens (tertiary/aromatic N) is 2. The summed E-state index contributed by atoms with van der Waals surface area (Å²) in [6.07, 6.45) is 0. The molecule has 1 aliphatic heterocycles. The largest absolute Gasteiger partial charge is 0.467 e. The zero-order valence-corrected chi connectivity index (χ0v) is 26.4. The molecule has 0 spiro atoms. The number of esters is 1. The molecule has 0 unspecified atom stereocenters. The lowest BCUT2D eigenvalue weighted by Gasteiger charge is -2.39. The standard InChI is InChI=1S/C27H50N4O6S/c1-24(2,3)17(15-30(12)38(35,36)26(7,8)9)28-23(34)29-20(25(4,5)6)21(32)31-14-16-18(27(16,10)11)19(31)22(33)37-13/h16-20H,14-15H2,1-13H3,(H2,28,29,34)/t16-,17+,18-,19-,20+/m0/s1. The van der Waals surface area contributed by atoms with Crippen LogP contribution in [0.2, 0.25) is 0 Å². The molecule has 2 aliphatic rings. The van der Waals surface area contributed by atoms with Gasteiger partial charge in [0.1, 0.15) is 12.1 Å². The third kappa shape index (κ3) is 6.29. The number of ether oxygens (including phenoxy) is 1. The number of carbonyl (C=O) groups excluding carboxylic acids is 3. The maximum Gasteiger partial charge on any atom is 0.328 e. The van der Waals surface area contributed by atoms with Gasteiger partial charge in [-0.05, 0) is 42.9 Å². The summed E-state index contributed by atoms with van der Waals surface area (Å²) in [7, 11) is -0.778. The highest BCUT2D eigenvalue weighted by atomic mass is 32.2. The fourth-order valence-electron chi connectivity index (χ4n) is 5.41. The van der Waals surface area contributed by atoms with Crippen LogP contribution in [0, 0.1) is 28.1 Å². The second kappa shape index (κ2) is 10.3. The van der Waals surface area contributed by atoms with Crippen LogP contribution in [0.15, 0.2) is 0 Å². The van der Waals surface area contributed by atoms with Crippen molar-refractivity contribution in [2.45, 2.75) is 99.0 Å². The van der Waals surface area contributed by atoms with E-state index in [4.69, 9.17) is 4.74 Å². The van der Waals surface area contributed by atoms with E-state index in [0.29, 0.717) is 6.54 Å². The second-order valence-electron chi connectivity index (χ2n) is 14.6. The monoisotopic (exact) mass is 558 g/mol. The number of hydrogen-bond donors (Lipinski definition) is 2. The summed E-state index contributed by atoms with van der Waals surface area (Å²) in [5.41, 5.74) is -1.17. The molecular weight excluding hydrogens is 508 g/mol. The Balaban J connectivity index is 2.25. The van der Waals surface area contributed by atoms with E-state index in [1.54, 1.807) is 25.7 Å². The van der Waals surface area contributed by atoms with Crippen molar-refractivity contribution < 1.29 is 27.5 Å². The molecule has 0 aromatic heterocycles. The molecule has 2 fully saturated rings. The summed E-state index contributed by atoms with van der Waals surface area (Å²) in [6.45, 7) is 20.9. The van der Waals surface area contributed by atoms with E-state index in [9.17, 15) is 22.8 Å². The molecule has 0 bridgehead atoms. The number of sulfonamides is 1. The number of carbonyl (C=O) groups is 3. The van der Waals surface area contributed by atoms with E-state index in [0.717, 1.165) is 0 Å². The van der Waals surface area contributed by atoms with Gasteiger partial charge < -0.3 is 20.3 Å². The Labute approximate surface area is 229 Å². The van der Waals surface area contributed by atoms with E-state index >= 15 is 0 Å². The molecule has 1 heterocycles. The number of nitrogens with one attached hydrogen (secondary N) is 2. The highest BCUT2D eigenvalue weighted by Gasteiger charge is 2.70. The van der Waals surface area contributed by atoms with Gasteiger partial charge in [-0.1, -0.05) is 55.4 Å². The Bertz CT molecular complexity index is 1040. The van der Waals surface area contributed by atoms with Crippen LogP contribution in [0.25, 0.3) is 0 Å². The molecular formula is C27H50N4O6S. The first-order chi connectivity index (χ1) is 16.9. The van der Waals surface area contributed by atoms with Crippen LogP contribution >= 0.6 is 0 Å². The summed E-state index contributed by atoms with van der Waals surface area (Å²) >= 11 is 0. The maximum atomic E-state index is 13.8. The number of amides is 3. The SMILES string of the molecule is COC(=O)[C@@H]1[C@@H]2[C@H](CN1C(=O)[C@@H](NC(=O)N[C@H](CN(C)S(=O)(=O)C(C)(C)C)C(C)(C)C)C(C)(C)C)C2(C)C. The van der Waals surface area contributed by atoms with Crippen molar-refractivity contribution in [2.75, 3.05) is 27.2 Å². The predicted octanol–water partition coefficient (Wildman–Crippen LogP) is 2.83. The molecule has 220 valence electrons. The minimum absolute atomic E-state index is 0.0268. The minimum Gasteiger partial charge on any atom is -0.467 e. The first-order valence-corrected chi connectivity index (χ1v) is 14.7. The van der Waals surface area contributed by atoms with E-state index in [-0.39, 0.29) is 29.7 Å². The number of hydrogen-bond acceptors (Lipinski definition) is 6. The van der Waals surface area contributed by atoms with Crippen molar-refractivity contribution in [1.82, 2.24) is 19.8 Å². The van der Waals surface area contributed by atoms with E-state index < -0.39 is 55.7 Å². The van der Waals surface area contributed by atoms with Crippen LogP contribution in [-0.4, -0.2) is 85.7 Å². The average Bonchev–Trinajstić information content (AvgIpc) is 3.07. The summed E-state index contributed by atoms with van der Waals surface area (Å²) in [5.74, 6) is -0.537. The molecule has 0 aromatic carbocycles. The Kier molecular flexibility index (Phi) is 8.73. The van der Waals surface area contributed by atoms with Crippen LogP contribution in [-0.2, 0) is 24.3 Å². The predicted molar refractivity (Wildman–Crippen MR) is 148 cm³/mol. The van der Waals surface area contributed by atoms with Gasteiger partial charge in [0.15, 0.2) is 0 Å². The number of fused-ring (bicyclic) bond motifs is 1. The van der Waals surface area contributed by atoms with Crippen LogP contribution < -0.4 is 10.6 Å². The van der Waals surface area contributed by atoms with E-state index in [1.165, 1.54) is 18.5 Å². The highest BCUT2D eigenvalue weighted by Crippen LogP contribution is 2.65. The summed E-state index contributed by atoms with van der Waals surface area (Å²) in [5, 5.41) is 5.76. The lowest BCUT2D eigenvalue weighted by atomic mass is 9.85. The van der Waals surface area contributed by atoms with Crippen LogP contribution in [0.1, 0.15) is 76.2 Å². The number of likely N-dealkylation sites (tertiary alicyclic amines) is 1. The number of piperidine rings is 1. The van der Waals surface area contributed by atoms with Crippen LogP contribution in [0.3, 0.4) is 0 Å². The first-order valence-electron chi connectivity index (χ1n) is 13.3. The summed E-state index contributed by atoms with van der Waals surface area (Å²) < 4.78 is 31.2. The molecule has 1 aliphatic carbocycles. The first kappa shape index (κ1) is 32.3. The minimum atomic E-state index is -3.61. The zero-order valence-electron chi connectivity index (χ0n) is 25.6. The lowest BCUT2D eigenvalue weighted by Crippen LogP contribution is -2.62. The third-order valence-corrected chi connectivity index (χ3v) is 10.8. The van der Waals surface area contributed by atoms with Crippen molar-refractivity contribution >= 4 is 27.9 Å². The molecule has 10 nitrogen and oxygen atoms in total. The Hall–Kier alpha value is -1.88. The van der Waals surface area contributed by atoms with Gasteiger partial charge in [-0.15, -0.1) is 0 Å². The average molecular weight is 559 g/mol. The molecule has 5 atom stereocenters. The molecule has 11 heteroatoms. The Morgan fingerprint density at radius 1 is 1.00 bits per heavy atom. The smallest absolute Gasteiger partial charge is 0.328 e. The zero-order chi connectivity index (χ0) is 29.8. The maximum absolute atomic E-state index is 13.8. The van der Waals surface area contributed by atoms with Crippen molar-refractivity contribution in [1.29, 1.82) is 0 Å². The van der Waals surface area contributed by atoms with Crippen LogP contribution in [0.4, 0.5) is 4.79 Å². The molecule has 1 saturated carbocycles. The normalized spacial score (nSPS) is 24.9. The molecule has 1 saturated heterocycles. The van der Waals surface area contributed by atoms with Gasteiger partial charge in [-0.3, -0.25) is 4.79 Å². The van der Waals surface area contributed by atoms with Gasteiger partial charge in [-0.2, -0.15) is 0 Å². The van der Waals surface area contributed by atoms with E-state index in [1.807, 2.05) is 41.5 Å². The third-order valence-electron chi connectivity index (χ3n) is 8.30. The molecule has 38 heavy (non-hydrogen) atoms. The van der Waals surface area contributed by atoms with Gasteiger partial charge in [0, 0.05) is 32.1 Å². The fourth-order valence-corrected chi connectivity index (χ4v) is 6.69. The molecule has 0 aromatic rings.